The van der Waals surface area contributed by atoms with Crippen LogP contribution >= 0.6 is 0 Å². The topological polar surface area (TPSA) is 654 Å². The molecule has 0 bridgehead atoms. The lowest BCUT2D eigenvalue weighted by atomic mass is 9.96. The SMILES string of the molecule is CC[C@H](C)[C@H](N)C(=O)N[C@@H](C)C(=O)N[C@H](C(=O)N[C@@H](C)C(=O)N[C@@H](Cc1c[nH]c2ccccc12)C(=O)N[C@@H](CC(C)C)C(=O)N[C@@H](CO)C(=O)N[C@@H](CC(C)C)C(=O)N[C@@H](Cc1c[nH]cn1)C(=O)N[C@H](C(=O)N[C@@H](Cc1ccc(O)cc1)C(=O)NCC(=O)N[C@H](C(=O)N[C@@H](Cc1ccc(O)cc1)C(=O)N[C@@H](Cc1ccccc1)C(=O)N[C@@H](Cc1c[nH]cn1)C(=O)O)C(C)C)[C@@H](C)CC)[C@@H](C)O. The van der Waals surface area contributed by atoms with Gasteiger partial charge in [-0.05, 0) is 116 Å². The number of aliphatic hydroxyl groups is 2. The predicted molar refractivity (Wildman–Crippen MR) is 499 cm³/mol. The van der Waals surface area contributed by atoms with Gasteiger partial charge in [0.1, 0.15) is 96.1 Å². The Balaban J connectivity index is 1.05. The number of carboxylic acids is 1. The van der Waals surface area contributed by atoms with Crippen molar-refractivity contribution >= 4 is 105 Å². The van der Waals surface area contributed by atoms with E-state index in [0.717, 1.165) is 0 Å². The Labute approximate surface area is 787 Å². The van der Waals surface area contributed by atoms with Gasteiger partial charge in [0.2, 0.25) is 88.6 Å². The molecule has 3 aromatic heterocycles. The van der Waals surface area contributed by atoms with Crippen LogP contribution in [0.5, 0.6) is 11.5 Å². The number of hydrogen-bond acceptors (Lipinski definition) is 23. The third kappa shape index (κ3) is 34.1. The molecule has 25 N–H and O–H groups in total. The van der Waals surface area contributed by atoms with Crippen LogP contribution in [0.15, 0.2) is 134 Å². The van der Waals surface area contributed by atoms with E-state index >= 15 is 4.79 Å². The number of aromatic nitrogens is 5. The Bertz CT molecular complexity index is 5170. The summed E-state index contributed by atoms with van der Waals surface area (Å²) in [6.07, 6.45) is 4.86. The maximum Gasteiger partial charge on any atom is 0.326 e. The molecule has 136 heavy (non-hydrogen) atoms. The fraction of sp³-hybridized carbons (Fsp3) is 0.489. The number of amides is 15. The Morgan fingerprint density at radius 3 is 1.23 bits per heavy atom. The summed E-state index contributed by atoms with van der Waals surface area (Å²) in [5.74, 6) is -17.8. The number of fused-ring (bicyclic) bond motifs is 1. The van der Waals surface area contributed by atoms with Crippen molar-refractivity contribution in [3.05, 3.63) is 168 Å². The smallest absolute Gasteiger partial charge is 0.326 e. The molecular formula is C94H131N21O21. The number of para-hydroxylation sites is 1. The van der Waals surface area contributed by atoms with Crippen molar-refractivity contribution in [3.8, 4) is 11.5 Å². The first-order valence-corrected chi connectivity index (χ1v) is 45.4. The second-order valence-corrected chi connectivity index (χ2v) is 35.3. The molecule has 0 saturated heterocycles. The molecule has 7 aromatic rings. The van der Waals surface area contributed by atoms with Gasteiger partial charge in [0.05, 0.1) is 49.3 Å². The van der Waals surface area contributed by atoms with Crippen molar-refractivity contribution in [1.82, 2.24) is 105 Å². The minimum atomic E-state index is -1.81. The highest BCUT2D eigenvalue weighted by atomic mass is 16.4. The number of H-pyrrole nitrogens is 3. The number of nitrogens with one attached hydrogen (secondary N) is 18. The fourth-order valence-corrected chi connectivity index (χ4v) is 14.6. The van der Waals surface area contributed by atoms with Gasteiger partial charge in [-0.15, -0.1) is 0 Å². The van der Waals surface area contributed by atoms with Gasteiger partial charge >= 0.3 is 5.97 Å². The summed E-state index contributed by atoms with van der Waals surface area (Å²) in [6, 6.07) is 4.91. The molecule has 0 aliphatic rings. The van der Waals surface area contributed by atoms with Crippen LogP contribution in [0.25, 0.3) is 10.9 Å². The van der Waals surface area contributed by atoms with E-state index in [4.69, 9.17) is 5.73 Å². The third-order valence-electron chi connectivity index (χ3n) is 23.0. The molecule has 42 heteroatoms. The summed E-state index contributed by atoms with van der Waals surface area (Å²) in [4.78, 5) is 244. The number of phenolic OH excluding ortho intramolecular Hbond substituents is 2. The molecule has 738 valence electrons. The number of carboxylic acid groups (broad SMARTS) is 1. The first-order valence-electron chi connectivity index (χ1n) is 45.4. The maximum atomic E-state index is 15.0. The van der Waals surface area contributed by atoms with Crippen LogP contribution in [-0.2, 0) is 115 Å². The van der Waals surface area contributed by atoms with Crippen molar-refractivity contribution in [2.24, 2.45) is 35.3 Å². The van der Waals surface area contributed by atoms with Crippen molar-refractivity contribution in [2.45, 2.75) is 251 Å². The summed E-state index contributed by atoms with van der Waals surface area (Å²) in [7, 11) is 0. The lowest BCUT2D eigenvalue weighted by molar-refractivity contribution is -0.142. The highest BCUT2D eigenvalue weighted by molar-refractivity contribution is 6.01. The molecule has 18 atom stereocenters. The van der Waals surface area contributed by atoms with Crippen LogP contribution in [0.3, 0.4) is 0 Å². The minimum absolute atomic E-state index is 0.0854. The van der Waals surface area contributed by atoms with Crippen LogP contribution in [0, 0.1) is 29.6 Å². The molecule has 42 nitrogen and oxygen atoms in total. The molecular weight excluding hydrogens is 1760 g/mol. The van der Waals surface area contributed by atoms with Gasteiger partial charge in [-0.3, -0.25) is 71.9 Å². The van der Waals surface area contributed by atoms with Crippen LogP contribution in [0.4, 0.5) is 0 Å². The quantitative estimate of drug-likeness (QED) is 0.0225. The molecule has 0 aliphatic heterocycles. The molecule has 0 fully saturated rings. The number of rotatable bonds is 54. The summed E-state index contributed by atoms with van der Waals surface area (Å²) >= 11 is 0. The lowest BCUT2D eigenvalue weighted by Gasteiger charge is -2.29. The van der Waals surface area contributed by atoms with Gasteiger partial charge in [-0.25, -0.2) is 14.8 Å². The van der Waals surface area contributed by atoms with Gasteiger partial charge in [0.25, 0.3) is 0 Å². The van der Waals surface area contributed by atoms with E-state index in [9.17, 15) is 97.5 Å². The van der Waals surface area contributed by atoms with Gasteiger partial charge in [-0.2, -0.15) is 0 Å². The number of imidazole rings is 2. The highest BCUT2D eigenvalue weighted by Crippen LogP contribution is 2.23. The second-order valence-electron chi connectivity index (χ2n) is 35.3. The number of carbonyl (C=O) groups excluding carboxylic acids is 15. The highest BCUT2D eigenvalue weighted by Gasteiger charge is 2.40. The van der Waals surface area contributed by atoms with E-state index in [1.807, 2.05) is 6.92 Å². The predicted octanol–water partition coefficient (Wildman–Crippen LogP) is -0.650. The fourth-order valence-electron chi connectivity index (χ4n) is 14.6. The number of aromatic hydroxyl groups is 2. The van der Waals surface area contributed by atoms with Crippen LogP contribution in [0.1, 0.15) is 149 Å². The normalized spacial score (nSPS) is 15.3. The molecule has 7 rings (SSSR count). The number of aliphatic carboxylic acids is 1. The molecule has 0 unspecified atom stereocenters. The lowest BCUT2D eigenvalue weighted by Crippen LogP contribution is -2.62. The van der Waals surface area contributed by atoms with E-state index < -0.39 is 216 Å². The van der Waals surface area contributed by atoms with Gasteiger partial charge in [-0.1, -0.05) is 155 Å². The van der Waals surface area contributed by atoms with E-state index in [2.05, 4.69) is 105 Å². The number of nitrogens with zero attached hydrogens (tertiary/aromatic N) is 2. The van der Waals surface area contributed by atoms with Crippen molar-refractivity contribution in [3.63, 3.8) is 0 Å². The molecule has 3 heterocycles. The number of carbonyl (C=O) groups is 16. The number of aromatic amines is 3. The number of phenols is 2. The van der Waals surface area contributed by atoms with Gasteiger partial charge in [0.15, 0.2) is 0 Å². The monoisotopic (exact) mass is 1890 g/mol. The van der Waals surface area contributed by atoms with Gasteiger partial charge in [0, 0.05) is 68.0 Å². The molecule has 0 aliphatic carbocycles. The first-order chi connectivity index (χ1) is 64.4. The zero-order valence-corrected chi connectivity index (χ0v) is 78.6. The zero-order chi connectivity index (χ0) is 100. The average Bonchev–Trinajstić information content (AvgIpc) is 1.30. The van der Waals surface area contributed by atoms with Crippen LogP contribution in [0.2, 0.25) is 0 Å². The minimum Gasteiger partial charge on any atom is -0.508 e. The molecule has 4 aromatic carbocycles. The zero-order valence-electron chi connectivity index (χ0n) is 78.6. The molecule has 15 amide bonds. The van der Waals surface area contributed by atoms with Crippen molar-refractivity contribution in [1.29, 1.82) is 0 Å². The molecule has 0 saturated carbocycles. The van der Waals surface area contributed by atoms with Crippen LogP contribution in [-0.4, -0.2) is 255 Å². The largest absolute Gasteiger partial charge is 0.508 e. The number of hydrogen-bond donors (Lipinski definition) is 24. The van der Waals surface area contributed by atoms with Crippen molar-refractivity contribution < 1.29 is 102 Å². The van der Waals surface area contributed by atoms with E-state index in [1.165, 1.54) is 94.4 Å². The number of aliphatic hydroxyl groups excluding tert-OH is 2. The Morgan fingerprint density at radius 1 is 0.375 bits per heavy atom. The summed E-state index contributed by atoms with van der Waals surface area (Å²) in [5.41, 5.74) is 9.24. The standard InChI is InChI=1S/C94H131N21O21/c1-14-51(9)76(95)90(131)102-54(12)81(122)115-79(55(13)117)93(134)103-53(11)80(121)104-71(38-59-41-98-65-24-20-19-23-64(59)65)87(128)105-67(34-49(5)6)84(125)112-74(45-116)89(130)106-66(33-48(3)4)83(124)108-72(39-60-42-96-46-100-60)88(129)114-78(52(10)15-2)92(133)109-68(36-57-25-29-62(118)30-26-57)82(123)99-44-75(120)113-77(50(7)8)91(132)110-70(37-58-27-31-63(119)32-28-58)85(126)107-69(35-56-21-17-16-18-22-56)86(127)111-73(94(135)136)40-61-43-97-47-101-61/h16-32,41-43,46-55,66-74,76-79,98,116-119H,14-15,33-40,44-45,95H2,1-13H3,(H,96,100)(H,97,101)(H,99,123)(H,102,131)(H,103,134)(H,104,121)(H,105,128)(H,106,130)(H,107,126)(H,108,124)(H,109,133)(H,110,132)(H,111,127)(H,112,125)(H,113,120)(H,114,129)(H,115,122)(H,135,136)/t51-,52-,53-,54-,55+,66-,67-,68-,69-,70-,71-,72-,73-,74-,76-,77-,78-,79-/m0/s1. The molecule has 0 radical (unpaired) electrons. The number of benzene rings is 4. The Hall–Kier alpha value is -14.2. The maximum absolute atomic E-state index is 15.0. The summed E-state index contributed by atoms with van der Waals surface area (Å²) < 4.78 is 0. The summed E-state index contributed by atoms with van der Waals surface area (Å²) in [6.45, 7) is 19.0. The van der Waals surface area contributed by atoms with E-state index in [1.54, 1.807) is 123 Å². The van der Waals surface area contributed by atoms with Gasteiger partial charge < -0.3 is 126 Å². The average molecular weight is 1890 g/mol. The third-order valence-corrected chi connectivity index (χ3v) is 23.0. The number of nitrogens with two attached hydrogens (primary N) is 1. The Morgan fingerprint density at radius 2 is 0.757 bits per heavy atom. The van der Waals surface area contributed by atoms with E-state index in [-0.39, 0.29) is 92.7 Å². The Kier molecular flexibility index (Phi) is 42.5. The summed E-state index contributed by atoms with van der Waals surface area (Å²) in [5, 5.41) is 91.7. The van der Waals surface area contributed by atoms with Crippen molar-refractivity contribution in [2.75, 3.05) is 13.2 Å². The second kappa shape index (κ2) is 53.1. The van der Waals surface area contributed by atoms with E-state index in [0.29, 0.717) is 45.3 Å². The first kappa shape index (κ1) is 109. The van der Waals surface area contributed by atoms with Crippen LogP contribution < -0.4 is 85.5 Å². The molecule has 0 spiro atoms.